The molecule has 0 radical (unpaired) electrons. The topological polar surface area (TPSA) is 54.5 Å². The summed E-state index contributed by atoms with van der Waals surface area (Å²) in [4.78, 5) is 19.3. The Labute approximate surface area is 176 Å². The zero-order valence-corrected chi connectivity index (χ0v) is 17.0. The van der Waals surface area contributed by atoms with Crippen LogP contribution in [-0.2, 0) is 4.74 Å². The maximum Gasteiger partial charge on any atom is 0.410 e. The lowest BCUT2D eigenvalue weighted by Gasteiger charge is -2.35. The fourth-order valence-corrected chi connectivity index (χ4v) is 4.57. The van der Waals surface area contributed by atoms with Crippen LogP contribution in [0.5, 0.6) is 0 Å². The van der Waals surface area contributed by atoms with Crippen LogP contribution in [0.15, 0.2) is 66.9 Å². The van der Waals surface area contributed by atoms with Gasteiger partial charge in [0, 0.05) is 37.4 Å². The van der Waals surface area contributed by atoms with Crippen molar-refractivity contribution in [1.29, 1.82) is 0 Å². The first-order valence-corrected chi connectivity index (χ1v) is 10.5. The van der Waals surface area contributed by atoms with Gasteiger partial charge in [0.15, 0.2) is 0 Å². The Morgan fingerprint density at radius 3 is 2.43 bits per heavy atom. The molecule has 2 aromatic carbocycles. The predicted octanol–water partition coefficient (Wildman–Crippen LogP) is 4.29. The Morgan fingerprint density at radius 1 is 1.07 bits per heavy atom. The van der Waals surface area contributed by atoms with Crippen molar-refractivity contribution < 1.29 is 9.53 Å². The van der Waals surface area contributed by atoms with Crippen LogP contribution >= 0.6 is 0 Å². The molecule has 1 unspecified atom stereocenters. The second-order valence-electron chi connectivity index (χ2n) is 7.95. The Hall–Kier alpha value is -3.18. The highest BCUT2D eigenvalue weighted by Gasteiger charge is 2.32. The summed E-state index contributed by atoms with van der Waals surface area (Å²) in [6.45, 7) is 4.39. The van der Waals surface area contributed by atoms with Crippen molar-refractivity contribution >= 4 is 6.09 Å². The SMILES string of the molecule is Cc1ccc(C2CNCCN2C(=O)OCC2c3ccccc3-c3ccccc32)cn1. The fourth-order valence-electron chi connectivity index (χ4n) is 4.57. The van der Waals surface area contributed by atoms with Crippen LogP contribution in [-0.4, -0.2) is 42.2 Å². The number of aromatic nitrogens is 1. The summed E-state index contributed by atoms with van der Waals surface area (Å²) in [5.74, 6) is 0.0729. The van der Waals surface area contributed by atoms with Gasteiger partial charge >= 0.3 is 6.09 Å². The van der Waals surface area contributed by atoms with Crippen LogP contribution in [0.2, 0.25) is 0 Å². The van der Waals surface area contributed by atoms with E-state index >= 15 is 0 Å². The third-order valence-electron chi connectivity index (χ3n) is 6.13. The molecule has 1 aliphatic carbocycles. The summed E-state index contributed by atoms with van der Waals surface area (Å²) in [5.41, 5.74) is 6.92. The van der Waals surface area contributed by atoms with Crippen molar-refractivity contribution in [1.82, 2.24) is 15.2 Å². The first-order valence-electron chi connectivity index (χ1n) is 10.5. The molecule has 1 N–H and O–H groups in total. The number of fused-ring (bicyclic) bond motifs is 3. The van der Waals surface area contributed by atoms with E-state index in [4.69, 9.17) is 4.74 Å². The van der Waals surface area contributed by atoms with E-state index < -0.39 is 0 Å². The lowest BCUT2D eigenvalue weighted by Crippen LogP contribution is -2.49. The van der Waals surface area contributed by atoms with E-state index in [0.29, 0.717) is 19.7 Å². The second-order valence-corrected chi connectivity index (χ2v) is 7.95. The van der Waals surface area contributed by atoms with Crippen LogP contribution in [0.4, 0.5) is 4.79 Å². The summed E-state index contributed by atoms with van der Waals surface area (Å²) in [7, 11) is 0. The number of benzene rings is 2. The number of carbonyl (C=O) groups excluding carboxylic acids is 1. The molecule has 5 rings (SSSR count). The van der Waals surface area contributed by atoms with Gasteiger partial charge in [-0.05, 0) is 40.8 Å². The normalized spacial score (nSPS) is 18.0. The van der Waals surface area contributed by atoms with Crippen LogP contribution in [0.25, 0.3) is 11.1 Å². The number of ether oxygens (including phenoxy) is 1. The number of piperazine rings is 1. The van der Waals surface area contributed by atoms with Crippen molar-refractivity contribution in [2.75, 3.05) is 26.2 Å². The molecule has 0 saturated carbocycles. The highest BCUT2D eigenvalue weighted by atomic mass is 16.6. The number of aryl methyl sites for hydroxylation is 1. The lowest BCUT2D eigenvalue weighted by molar-refractivity contribution is 0.0752. The highest BCUT2D eigenvalue weighted by Crippen LogP contribution is 2.44. The molecule has 2 aliphatic rings. The molecule has 1 fully saturated rings. The Balaban J connectivity index is 1.35. The molecular weight excluding hydrogens is 374 g/mol. The zero-order valence-electron chi connectivity index (χ0n) is 17.0. The third kappa shape index (κ3) is 3.35. The molecule has 1 saturated heterocycles. The summed E-state index contributed by atoms with van der Waals surface area (Å²) in [6, 6.07) is 20.8. The molecule has 0 bridgehead atoms. The fraction of sp³-hybridized carbons (Fsp3) is 0.280. The second kappa shape index (κ2) is 7.92. The Morgan fingerprint density at radius 2 is 1.77 bits per heavy atom. The van der Waals surface area contributed by atoms with Gasteiger partial charge in [-0.3, -0.25) is 9.88 Å². The average Bonchev–Trinajstić information content (AvgIpc) is 3.12. The quantitative estimate of drug-likeness (QED) is 0.714. The van der Waals surface area contributed by atoms with Crippen molar-refractivity contribution in [2.24, 2.45) is 0 Å². The molecule has 5 nitrogen and oxygen atoms in total. The van der Waals surface area contributed by atoms with E-state index in [1.807, 2.05) is 30.2 Å². The average molecular weight is 399 g/mol. The number of nitrogens with one attached hydrogen (secondary N) is 1. The van der Waals surface area contributed by atoms with Gasteiger partial charge in [-0.25, -0.2) is 4.79 Å². The zero-order chi connectivity index (χ0) is 20.5. The number of hydrogen-bond donors (Lipinski definition) is 1. The number of pyridine rings is 1. The number of rotatable bonds is 3. The van der Waals surface area contributed by atoms with Gasteiger partial charge in [0.05, 0.1) is 6.04 Å². The standard InChI is InChI=1S/C25H25N3O2/c1-17-10-11-18(14-27-17)24-15-26-12-13-28(24)25(29)30-16-23-21-8-4-2-6-19(21)20-7-3-5-9-22(20)23/h2-11,14,23-24,26H,12-13,15-16H2,1H3. The highest BCUT2D eigenvalue weighted by molar-refractivity contribution is 5.79. The molecule has 1 amide bonds. The van der Waals surface area contributed by atoms with E-state index in [0.717, 1.165) is 17.8 Å². The summed E-state index contributed by atoms with van der Waals surface area (Å²) < 4.78 is 5.89. The summed E-state index contributed by atoms with van der Waals surface area (Å²) in [5, 5.41) is 3.38. The van der Waals surface area contributed by atoms with Crippen LogP contribution < -0.4 is 5.32 Å². The van der Waals surface area contributed by atoms with E-state index in [1.165, 1.54) is 22.3 Å². The van der Waals surface area contributed by atoms with Crippen molar-refractivity contribution in [3.8, 4) is 11.1 Å². The number of nitrogens with zero attached hydrogens (tertiary/aromatic N) is 2. The molecule has 152 valence electrons. The maximum atomic E-state index is 13.1. The Bertz CT molecular complexity index is 1020. The predicted molar refractivity (Wildman–Crippen MR) is 116 cm³/mol. The Kier molecular flexibility index (Phi) is 4.97. The minimum atomic E-state index is -0.260. The number of amides is 1. The molecule has 1 aliphatic heterocycles. The molecule has 5 heteroatoms. The lowest BCUT2D eigenvalue weighted by atomic mass is 9.98. The third-order valence-corrected chi connectivity index (χ3v) is 6.13. The molecule has 30 heavy (non-hydrogen) atoms. The minimum absolute atomic E-state index is 0.0671. The van der Waals surface area contributed by atoms with E-state index in [1.54, 1.807) is 0 Å². The first-order chi connectivity index (χ1) is 14.7. The largest absolute Gasteiger partial charge is 0.448 e. The van der Waals surface area contributed by atoms with Crippen LogP contribution in [0, 0.1) is 6.92 Å². The summed E-state index contributed by atoms with van der Waals surface area (Å²) in [6.07, 6.45) is 1.60. The van der Waals surface area contributed by atoms with Crippen LogP contribution in [0.3, 0.4) is 0 Å². The van der Waals surface area contributed by atoms with E-state index in [9.17, 15) is 4.79 Å². The van der Waals surface area contributed by atoms with Gasteiger partial charge in [-0.15, -0.1) is 0 Å². The first kappa shape index (κ1) is 18.8. The van der Waals surface area contributed by atoms with Gasteiger partial charge in [-0.1, -0.05) is 54.6 Å². The van der Waals surface area contributed by atoms with Gasteiger partial charge < -0.3 is 10.1 Å². The van der Waals surface area contributed by atoms with E-state index in [-0.39, 0.29) is 18.1 Å². The van der Waals surface area contributed by atoms with Gasteiger partial charge in [0.25, 0.3) is 0 Å². The molecule has 2 heterocycles. The molecular formula is C25H25N3O2. The monoisotopic (exact) mass is 399 g/mol. The molecule has 1 aromatic heterocycles. The number of hydrogen-bond acceptors (Lipinski definition) is 4. The minimum Gasteiger partial charge on any atom is -0.448 e. The van der Waals surface area contributed by atoms with Crippen molar-refractivity contribution in [3.05, 3.63) is 89.2 Å². The van der Waals surface area contributed by atoms with Crippen molar-refractivity contribution in [2.45, 2.75) is 18.9 Å². The van der Waals surface area contributed by atoms with E-state index in [2.05, 4.69) is 58.8 Å². The van der Waals surface area contributed by atoms with Gasteiger partial charge in [-0.2, -0.15) is 0 Å². The summed E-state index contributed by atoms with van der Waals surface area (Å²) >= 11 is 0. The van der Waals surface area contributed by atoms with Crippen LogP contribution in [0.1, 0.15) is 34.3 Å². The van der Waals surface area contributed by atoms with Gasteiger partial charge in [0.1, 0.15) is 6.61 Å². The van der Waals surface area contributed by atoms with Crippen molar-refractivity contribution in [3.63, 3.8) is 0 Å². The van der Waals surface area contributed by atoms with Gasteiger partial charge in [0.2, 0.25) is 0 Å². The smallest absolute Gasteiger partial charge is 0.410 e. The number of carbonyl (C=O) groups is 1. The molecule has 0 spiro atoms. The molecule has 1 atom stereocenters. The maximum absolute atomic E-state index is 13.1. The molecule has 3 aromatic rings.